The van der Waals surface area contributed by atoms with Gasteiger partial charge >= 0.3 is 0 Å². The Morgan fingerprint density at radius 1 is 1.35 bits per heavy atom. The summed E-state index contributed by atoms with van der Waals surface area (Å²) in [6.07, 6.45) is 4.10. The van der Waals surface area contributed by atoms with Gasteiger partial charge < -0.3 is 0 Å². The number of nitrogens with one attached hydrogen (secondary N) is 2. The first-order chi connectivity index (χ1) is 11.0. The van der Waals surface area contributed by atoms with Gasteiger partial charge in [0.05, 0.1) is 18.1 Å². The molecule has 1 aliphatic rings. The largest absolute Gasteiger partial charge is 0.299 e. The van der Waals surface area contributed by atoms with Crippen LogP contribution in [0.5, 0.6) is 0 Å². The van der Waals surface area contributed by atoms with Crippen LogP contribution in [0, 0.1) is 5.92 Å². The molecule has 0 amide bonds. The van der Waals surface area contributed by atoms with E-state index in [1.54, 1.807) is 0 Å². The predicted molar refractivity (Wildman–Crippen MR) is 90.3 cm³/mol. The third-order valence-corrected chi connectivity index (χ3v) is 4.87. The maximum Gasteiger partial charge on any atom is 0.208 e. The Bertz CT molecular complexity index is 742. The molecule has 0 spiro atoms. The van der Waals surface area contributed by atoms with E-state index < -0.39 is 10.0 Å². The van der Waals surface area contributed by atoms with Gasteiger partial charge in [0.1, 0.15) is 0 Å². The Morgan fingerprint density at radius 3 is 2.87 bits per heavy atom. The van der Waals surface area contributed by atoms with Gasteiger partial charge in [0.15, 0.2) is 0 Å². The standard InChI is InChI=1S/C16H22N4O2S/c1-23(21,22)18-9-13-7-8-20(11-13)12-15-10-17-19-16(15)14-5-3-2-4-6-14/h2-6,10,13,18H,7-9,11-12H2,1H3,(H,17,19). The van der Waals surface area contributed by atoms with E-state index in [0.717, 1.165) is 37.3 Å². The van der Waals surface area contributed by atoms with Crippen molar-refractivity contribution in [1.29, 1.82) is 0 Å². The van der Waals surface area contributed by atoms with Gasteiger partial charge in [-0.3, -0.25) is 10.00 Å². The van der Waals surface area contributed by atoms with Gasteiger partial charge in [0.2, 0.25) is 10.0 Å². The fourth-order valence-corrected chi connectivity index (χ4v) is 3.56. The molecule has 1 unspecified atom stereocenters. The van der Waals surface area contributed by atoms with E-state index >= 15 is 0 Å². The summed E-state index contributed by atoms with van der Waals surface area (Å²) in [5, 5.41) is 7.27. The number of sulfonamides is 1. The molecule has 1 fully saturated rings. The normalized spacial score (nSPS) is 19.3. The first-order valence-corrected chi connectivity index (χ1v) is 9.65. The highest BCUT2D eigenvalue weighted by atomic mass is 32.2. The predicted octanol–water partition coefficient (Wildman–Crippen LogP) is 1.45. The second-order valence-corrected chi connectivity index (χ2v) is 7.98. The zero-order valence-corrected chi connectivity index (χ0v) is 14.0. The van der Waals surface area contributed by atoms with Gasteiger partial charge in [-0.1, -0.05) is 30.3 Å². The Balaban J connectivity index is 1.60. The summed E-state index contributed by atoms with van der Waals surface area (Å²) < 4.78 is 25.0. The molecule has 0 radical (unpaired) electrons. The van der Waals surface area contributed by atoms with Crippen molar-refractivity contribution in [2.75, 3.05) is 25.9 Å². The number of nitrogens with zero attached hydrogens (tertiary/aromatic N) is 2. The van der Waals surface area contributed by atoms with E-state index in [2.05, 4.69) is 32.0 Å². The van der Waals surface area contributed by atoms with Crippen LogP contribution < -0.4 is 4.72 Å². The second kappa shape index (κ2) is 6.82. The molecule has 2 aromatic rings. The number of hydrogen-bond donors (Lipinski definition) is 2. The molecule has 2 N–H and O–H groups in total. The van der Waals surface area contributed by atoms with Crippen LogP contribution in [0.25, 0.3) is 11.3 Å². The van der Waals surface area contributed by atoms with Crippen LogP contribution in [0.2, 0.25) is 0 Å². The number of benzene rings is 1. The van der Waals surface area contributed by atoms with Crippen molar-refractivity contribution >= 4 is 10.0 Å². The van der Waals surface area contributed by atoms with Gasteiger partial charge in [0, 0.05) is 25.2 Å². The average molecular weight is 334 g/mol. The fourth-order valence-electron chi connectivity index (χ4n) is 3.02. The molecule has 2 heterocycles. The summed E-state index contributed by atoms with van der Waals surface area (Å²) in [5.41, 5.74) is 3.37. The Hall–Kier alpha value is -1.70. The zero-order valence-electron chi connectivity index (χ0n) is 13.2. The summed E-state index contributed by atoms with van der Waals surface area (Å²) in [5.74, 6) is 0.372. The molecule has 0 saturated carbocycles. The molecule has 1 atom stereocenters. The van der Waals surface area contributed by atoms with Crippen LogP contribution in [0.1, 0.15) is 12.0 Å². The minimum Gasteiger partial charge on any atom is -0.299 e. The lowest BCUT2D eigenvalue weighted by Crippen LogP contribution is -2.30. The van der Waals surface area contributed by atoms with Crippen LogP contribution in [0.4, 0.5) is 0 Å². The van der Waals surface area contributed by atoms with E-state index in [9.17, 15) is 8.42 Å². The quantitative estimate of drug-likeness (QED) is 0.838. The third-order valence-electron chi connectivity index (χ3n) is 4.18. The molecule has 1 saturated heterocycles. The Morgan fingerprint density at radius 2 is 2.13 bits per heavy atom. The second-order valence-electron chi connectivity index (χ2n) is 6.15. The van der Waals surface area contributed by atoms with Crippen molar-refractivity contribution in [3.8, 4) is 11.3 Å². The van der Waals surface area contributed by atoms with Crippen molar-refractivity contribution in [3.05, 3.63) is 42.1 Å². The molecular formula is C16H22N4O2S. The molecule has 7 heteroatoms. The van der Waals surface area contributed by atoms with Crippen LogP contribution in [0.3, 0.4) is 0 Å². The van der Waals surface area contributed by atoms with E-state index in [1.165, 1.54) is 11.8 Å². The lowest BCUT2D eigenvalue weighted by molar-refractivity contribution is 0.317. The van der Waals surface area contributed by atoms with Gasteiger partial charge in [-0.25, -0.2) is 13.1 Å². The van der Waals surface area contributed by atoms with Crippen molar-refractivity contribution in [2.24, 2.45) is 5.92 Å². The fraction of sp³-hybridized carbons (Fsp3) is 0.438. The maximum absolute atomic E-state index is 11.2. The monoisotopic (exact) mass is 334 g/mol. The average Bonchev–Trinajstić information content (AvgIpc) is 3.15. The molecule has 1 aromatic heterocycles. The highest BCUT2D eigenvalue weighted by Crippen LogP contribution is 2.24. The first-order valence-electron chi connectivity index (χ1n) is 7.76. The smallest absolute Gasteiger partial charge is 0.208 e. The van der Waals surface area contributed by atoms with Gasteiger partial charge in [-0.05, 0) is 24.4 Å². The van der Waals surface area contributed by atoms with Gasteiger partial charge in [-0.2, -0.15) is 5.10 Å². The number of likely N-dealkylation sites (tertiary alicyclic amines) is 1. The first kappa shape index (κ1) is 16.2. The van der Waals surface area contributed by atoms with Crippen LogP contribution in [-0.2, 0) is 16.6 Å². The van der Waals surface area contributed by atoms with Crippen LogP contribution >= 0.6 is 0 Å². The lowest BCUT2D eigenvalue weighted by atomic mass is 10.1. The van der Waals surface area contributed by atoms with E-state index in [4.69, 9.17) is 0 Å². The minimum atomic E-state index is -3.11. The summed E-state index contributed by atoms with van der Waals surface area (Å²) >= 11 is 0. The van der Waals surface area contributed by atoms with Gasteiger partial charge in [-0.15, -0.1) is 0 Å². The summed E-state index contributed by atoms with van der Waals surface area (Å²) in [4.78, 5) is 2.35. The lowest BCUT2D eigenvalue weighted by Gasteiger charge is -2.16. The highest BCUT2D eigenvalue weighted by molar-refractivity contribution is 7.88. The molecule has 1 aromatic carbocycles. The van der Waals surface area contributed by atoms with Crippen molar-refractivity contribution in [1.82, 2.24) is 19.8 Å². The summed E-state index contributed by atoms with van der Waals surface area (Å²) in [7, 11) is -3.11. The van der Waals surface area contributed by atoms with Gasteiger partial charge in [0.25, 0.3) is 0 Å². The molecule has 3 rings (SSSR count). The number of rotatable bonds is 6. The molecule has 0 bridgehead atoms. The number of hydrogen-bond acceptors (Lipinski definition) is 4. The van der Waals surface area contributed by atoms with Crippen LogP contribution in [-0.4, -0.2) is 49.4 Å². The maximum atomic E-state index is 11.2. The molecule has 23 heavy (non-hydrogen) atoms. The Kier molecular flexibility index (Phi) is 4.79. The number of H-pyrrole nitrogens is 1. The molecule has 124 valence electrons. The number of aromatic nitrogens is 2. The third kappa shape index (κ3) is 4.40. The minimum absolute atomic E-state index is 0.372. The summed E-state index contributed by atoms with van der Waals surface area (Å²) in [6.45, 7) is 3.24. The number of aromatic amines is 1. The summed E-state index contributed by atoms with van der Waals surface area (Å²) in [6, 6.07) is 10.2. The Labute approximate surface area is 137 Å². The SMILES string of the molecule is CS(=O)(=O)NCC1CCN(Cc2cn[nH]c2-c2ccccc2)C1. The van der Waals surface area contributed by atoms with E-state index in [1.807, 2.05) is 24.4 Å². The zero-order chi connectivity index (χ0) is 16.3. The van der Waals surface area contributed by atoms with Crippen molar-refractivity contribution < 1.29 is 8.42 Å². The van der Waals surface area contributed by atoms with Crippen molar-refractivity contribution in [2.45, 2.75) is 13.0 Å². The molecule has 0 aliphatic carbocycles. The van der Waals surface area contributed by atoms with E-state index in [-0.39, 0.29) is 0 Å². The molecule has 6 nitrogen and oxygen atoms in total. The topological polar surface area (TPSA) is 78.1 Å². The molecular weight excluding hydrogens is 312 g/mol. The molecule has 1 aliphatic heterocycles. The van der Waals surface area contributed by atoms with Crippen LogP contribution in [0.15, 0.2) is 36.5 Å². The van der Waals surface area contributed by atoms with E-state index in [0.29, 0.717) is 12.5 Å². The highest BCUT2D eigenvalue weighted by Gasteiger charge is 2.24. The van der Waals surface area contributed by atoms with Crippen molar-refractivity contribution in [3.63, 3.8) is 0 Å².